The summed E-state index contributed by atoms with van der Waals surface area (Å²) < 4.78 is 0. The van der Waals surface area contributed by atoms with Gasteiger partial charge in [0.05, 0.1) is 10.0 Å². The Balaban J connectivity index is 1.75. The highest BCUT2D eigenvalue weighted by molar-refractivity contribution is 8.13. The number of nitrogens with one attached hydrogen (secondary N) is 2. The Morgan fingerprint density at radius 1 is 1.42 bits per heavy atom. The van der Waals surface area contributed by atoms with Crippen LogP contribution < -0.4 is 16.6 Å². The second kappa shape index (κ2) is 11.0. The lowest BCUT2D eigenvalue weighted by molar-refractivity contribution is 0.167. The van der Waals surface area contributed by atoms with Crippen molar-refractivity contribution in [3.05, 3.63) is 46.1 Å². The fourth-order valence-corrected chi connectivity index (χ4v) is 3.97. The number of nitrogens with zero attached hydrogens (tertiary/aromatic N) is 2. The SMILES string of the molecule is C=C(CSC(=NC)NN)NCC1CCCN(Cc2ccc(Cl)c(Cl)c2)C1. The van der Waals surface area contributed by atoms with E-state index >= 15 is 0 Å². The number of piperidine rings is 1. The zero-order valence-corrected chi connectivity index (χ0v) is 17.4. The van der Waals surface area contributed by atoms with Crippen molar-refractivity contribution in [2.24, 2.45) is 16.8 Å². The summed E-state index contributed by atoms with van der Waals surface area (Å²) in [5, 5.41) is 5.39. The summed E-state index contributed by atoms with van der Waals surface area (Å²) in [6.07, 6.45) is 2.44. The zero-order valence-electron chi connectivity index (χ0n) is 15.1. The lowest BCUT2D eigenvalue weighted by atomic mass is 9.97. The van der Waals surface area contributed by atoms with Crippen LogP contribution in [0.1, 0.15) is 18.4 Å². The Morgan fingerprint density at radius 2 is 2.23 bits per heavy atom. The standard InChI is InChI=1S/C18H27Cl2N5S/c1-13(12-26-18(22-2)24-21)23-9-15-4-3-7-25(11-15)10-14-5-6-16(19)17(20)8-14/h5-6,8,15,23H,1,3-4,7,9-12,21H2,2H3,(H,22,24). The van der Waals surface area contributed by atoms with E-state index in [1.54, 1.807) is 7.05 Å². The molecule has 0 saturated carbocycles. The van der Waals surface area contributed by atoms with Gasteiger partial charge < -0.3 is 10.7 Å². The Labute approximate surface area is 170 Å². The number of hydrogen-bond donors (Lipinski definition) is 3. The highest BCUT2D eigenvalue weighted by Gasteiger charge is 2.20. The topological polar surface area (TPSA) is 65.7 Å². The third-order valence-corrected chi connectivity index (χ3v) is 6.15. The molecule has 1 unspecified atom stereocenters. The lowest BCUT2D eigenvalue weighted by Crippen LogP contribution is -2.39. The molecule has 5 nitrogen and oxygen atoms in total. The molecule has 26 heavy (non-hydrogen) atoms. The maximum Gasteiger partial charge on any atom is 0.170 e. The molecule has 0 amide bonds. The molecular weight excluding hydrogens is 389 g/mol. The van der Waals surface area contributed by atoms with E-state index in [0.717, 1.165) is 37.6 Å². The number of hydrogen-bond acceptors (Lipinski definition) is 5. The molecule has 1 aliphatic rings. The van der Waals surface area contributed by atoms with E-state index in [2.05, 4.69) is 27.2 Å². The van der Waals surface area contributed by atoms with E-state index < -0.39 is 0 Å². The summed E-state index contributed by atoms with van der Waals surface area (Å²) in [7, 11) is 1.71. The average Bonchev–Trinajstić information content (AvgIpc) is 2.64. The molecule has 144 valence electrons. The van der Waals surface area contributed by atoms with Crippen molar-refractivity contribution in [2.45, 2.75) is 19.4 Å². The number of benzene rings is 1. The van der Waals surface area contributed by atoms with Gasteiger partial charge in [-0.15, -0.1) is 0 Å². The van der Waals surface area contributed by atoms with Gasteiger partial charge in [0.15, 0.2) is 5.17 Å². The summed E-state index contributed by atoms with van der Waals surface area (Å²) in [5.74, 6) is 6.74. The van der Waals surface area contributed by atoms with E-state index in [1.165, 1.54) is 30.2 Å². The molecule has 2 rings (SSSR count). The average molecular weight is 416 g/mol. The van der Waals surface area contributed by atoms with E-state index in [-0.39, 0.29) is 0 Å². The number of amidine groups is 1. The molecule has 1 aliphatic heterocycles. The van der Waals surface area contributed by atoms with Crippen LogP contribution >= 0.6 is 35.0 Å². The molecule has 0 spiro atoms. The van der Waals surface area contributed by atoms with Crippen molar-refractivity contribution >= 4 is 40.1 Å². The number of nitrogens with two attached hydrogens (primary N) is 1. The van der Waals surface area contributed by atoms with Gasteiger partial charge in [-0.1, -0.05) is 47.6 Å². The first kappa shape index (κ1) is 21.4. The van der Waals surface area contributed by atoms with Gasteiger partial charge in [-0.2, -0.15) is 0 Å². The minimum atomic E-state index is 0.605. The van der Waals surface area contributed by atoms with Gasteiger partial charge in [0.1, 0.15) is 0 Å². The third kappa shape index (κ3) is 7.00. The van der Waals surface area contributed by atoms with Crippen LogP contribution in [0.3, 0.4) is 0 Å². The molecular formula is C18H27Cl2N5S. The summed E-state index contributed by atoms with van der Waals surface area (Å²) in [4.78, 5) is 6.52. The Bertz CT molecular complexity index is 638. The van der Waals surface area contributed by atoms with Gasteiger partial charge in [0.2, 0.25) is 0 Å². The molecule has 1 aromatic carbocycles. The van der Waals surface area contributed by atoms with Gasteiger partial charge >= 0.3 is 0 Å². The third-order valence-electron chi connectivity index (χ3n) is 4.34. The molecule has 0 radical (unpaired) electrons. The van der Waals surface area contributed by atoms with E-state index in [1.807, 2.05) is 18.2 Å². The van der Waals surface area contributed by atoms with Crippen molar-refractivity contribution in [3.63, 3.8) is 0 Å². The van der Waals surface area contributed by atoms with Crippen LogP contribution in [0, 0.1) is 5.92 Å². The molecule has 0 aromatic heterocycles. The monoisotopic (exact) mass is 415 g/mol. The molecule has 1 fully saturated rings. The normalized spacial score (nSPS) is 18.6. The van der Waals surface area contributed by atoms with Crippen molar-refractivity contribution in [3.8, 4) is 0 Å². The summed E-state index contributed by atoms with van der Waals surface area (Å²) >= 11 is 13.7. The fraction of sp³-hybridized carbons (Fsp3) is 0.500. The minimum Gasteiger partial charge on any atom is -0.388 e. The van der Waals surface area contributed by atoms with Gasteiger partial charge in [-0.05, 0) is 43.0 Å². The molecule has 1 aromatic rings. The van der Waals surface area contributed by atoms with Crippen LogP contribution in [-0.2, 0) is 6.54 Å². The van der Waals surface area contributed by atoms with Crippen LogP contribution in [0.4, 0.5) is 0 Å². The Hall–Kier alpha value is -0.920. The number of halogens is 2. The first-order valence-electron chi connectivity index (χ1n) is 8.66. The second-order valence-electron chi connectivity index (χ2n) is 6.44. The number of rotatable bonds is 7. The van der Waals surface area contributed by atoms with Crippen LogP contribution in [0.15, 0.2) is 35.5 Å². The molecule has 1 atom stereocenters. The highest BCUT2D eigenvalue weighted by Crippen LogP contribution is 2.24. The van der Waals surface area contributed by atoms with Gasteiger partial charge in [0, 0.05) is 38.1 Å². The van der Waals surface area contributed by atoms with Crippen LogP contribution in [0.25, 0.3) is 0 Å². The summed E-state index contributed by atoms with van der Waals surface area (Å²) in [6, 6.07) is 5.88. The molecule has 1 saturated heterocycles. The molecule has 4 N–H and O–H groups in total. The number of aliphatic imine (C=N–C) groups is 1. The number of likely N-dealkylation sites (tertiary alicyclic amines) is 1. The van der Waals surface area contributed by atoms with Gasteiger partial charge in [0.25, 0.3) is 0 Å². The first-order chi connectivity index (χ1) is 12.5. The Kier molecular flexibility index (Phi) is 9.08. The quantitative estimate of drug-likeness (QED) is 0.275. The van der Waals surface area contributed by atoms with E-state index in [4.69, 9.17) is 29.0 Å². The summed E-state index contributed by atoms with van der Waals surface area (Å²) in [5.41, 5.74) is 4.77. The maximum absolute atomic E-state index is 6.12. The molecule has 8 heteroatoms. The predicted molar refractivity (Wildman–Crippen MR) is 115 cm³/mol. The number of thioether (sulfide) groups is 1. The fourth-order valence-electron chi connectivity index (χ4n) is 3.02. The second-order valence-corrected chi connectivity index (χ2v) is 8.22. The van der Waals surface area contributed by atoms with Gasteiger partial charge in [-0.3, -0.25) is 9.89 Å². The minimum absolute atomic E-state index is 0.605. The van der Waals surface area contributed by atoms with Crippen molar-refractivity contribution in [1.29, 1.82) is 0 Å². The van der Waals surface area contributed by atoms with E-state index in [0.29, 0.717) is 21.1 Å². The molecule has 0 aliphatic carbocycles. The molecule has 0 bridgehead atoms. The van der Waals surface area contributed by atoms with Gasteiger partial charge in [-0.25, -0.2) is 5.84 Å². The highest BCUT2D eigenvalue weighted by atomic mass is 35.5. The maximum atomic E-state index is 6.12. The van der Waals surface area contributed by atoms with Crippen molar-refractivity contribution in [2.75, 3.05) is 32.4 Å². The zero-order chi connectivity index (χ0) is 18.9. The largest absolute Gasteiger partial charge is 0.388 e. The van der Waals surface area contributed by atoms with Crippen LogP contribution in [0.2, 0.25) is 10.0 Å². The van der Waals surface area contributed by atoms with Crippen LogP contribution in [0.5, 0.6) is 0 Å². The van der Waals surface area contributed by atoms with E-state index in [9.17, 15) is 0 Å². The summed E-state index contributed by atoms with van der Waals surface area (Å²) in [6.45, 7) is 8.12. The van der Waals surface area contributed by atoms with Crippen molar-refractivity contribution in [1.82, 2.24) is 15.6 Å². The first-order valence-corrected chi connectivity index (χ1v) is 10.4. The lowest BCUT2D eigenvalue weighted by Gasteiger charge is -2.33. The number of hydrazine groups is 1. The predicted octanol–water partition coefficient (Wildman–Crippen LogP) is 3.49. The van der Waals surface area contributed by atoms with Crippen LogP contribution in [-0.4, -0.2) is 42.5 Å². The molecule has 1 heterocycles. The smallest absolute Gasteiger partial charge is 0.170 e. The van der Waals surface area contributed by atoms with Crippen molar-refractivity contribution < 1.29 is 0 Å². The Morgan fingerprint density at radius 3 is 2.92 bits per heavy atom.